The average molecular weight is 218 g/mol. The molecule has 0 aromatic heterocycles. The standard InChI is InChI=1S/C11H24N2O2/c1-10(2)15-9-11(14)8-13-6-4-12(3)5-7-13/h10-11,14H,4-9H2,1-3H3/p+2. The quantitative estimate of drug-likeness (QED) is 0.466. The molecule has 1 heterocycles. The number of quaternary nitrogens is 2. The number of hydrogen-bond donors (Lipinski definition) is 3. The van der Waals surface area contributed by atoms with E-state index in [1.54, 1.807) is 4.90 Å². The van der Waals surface area contributed by atoms with Gasteiger partial charge < -0.3 is 19.6 Å². The molecule has 1 atom stereocenters. The average Bonchev–Trinajstić information content (AvgIpc) is 2.19. The minimum Gasteiger partial charge on any atom is -0.385 e. The number of ether oxygens (including phenoxy) is 1. The molecule has 0 aromatic carbocycles. The summed E-state index contributed by atoms with van der Waals surface area (Å²) in [6, 6.07) is 0. The summed E-state index contributed by atoms with van der Waals surface area (Å²) in [5.74, 6) is 0. The lowest BCUT2D eigenvalue weighted by Crippen LogP contribution is -3.27. The van der Waals surface area contributed by atoms with E-state index in [0.29, 0.717) is 6.61 Å². The first kappa shape index (κ1) is 12.9. The minimum atomic E-state index is -0.305. The summed E-state index contributed by atoms with van der Waals surface area (Å²) in [6.07, 6.45) is -0.0904. The zero-order chi connectivity index (χ0) is 11.3. The van der Waals surface area contributed by atoms with Gasteiger partial charge in [-0.25, -0.2) is 0 Å². The van der Waals surface area contributed by atoms with Crippen LogP contribution >= 0.6 is 0 Å². The van der Waals surface area contributed by atoms with Crippen LogP contribution in [0.25, 0.3) is 0 Å². The van der Waals surface area contributed by atoms with Crippen molar-refractivity contribution in [2.24, 2.45) is 0 Å². The van der Waals surface area contributed by atoms with Crippen molar-refractivity contribution in [3.8, 4) is 0 Å². The third-order valence-corrected chi connectivity index (χ3v) is 2.96. The molecule has 0 saturated carbocycles. The summed E-state index contributed by atoms with van der Waals surface area (Å²) >= 11 is 0. The predicted octanol–water partition coefficient (Wildman–Crippen LogP) is -2.81. The molecule has 0 bridgehead atoms. The maximum absolute atomic E-state index is 9.76. The summed E-state index contributed by atoms with van der Waals surface area (Å²) in [5.41, 5.74) is 0. The van der Waals surface area contributed by atoms with Crippen LogP contribution in [0.5, 0.6) is 0 Å². The summed E-state index contributed by atoms with van der Waals surface area (Å²) in [7, 11) is 2.23. The van der Waals surface area contributed by atoms with Crippen molar-refractivity contribution < 1.29 is 19.6 Å². The van der Waals surface area contributed by atoms with Gasteiger partial charge in [0.05, 0.1) is 19.8 Å². The Morgan fingerprint density at radius 2 is 1.80 bits per heavy atom. The first-order valence-electron chi connectivity index (χ1n) is 6.02. The Hall–Kier alpha value is -0.160. The summed E-state index contributed by atoms with van der Waals surface area (Å²) in [6.45, 7) is 10.1. The number of nitrogens with one attached hydrogen (secondary N) is 2. The molecule has 1 aliphatic rings. The van der Waals surface area contributed by atoms with Crippen molar-refractivity contribution in [3.05, 3.63) is 0 Å². The SMILES string of the molecule is CC(C)OCC(O)C[NH+]1CC[NH+](C)CC1. The molecule has 0 aliphatic carbocycles. The van der Waals surface area contributed by atoms with Crippen molar-refractivity contribution in [1.82, 2.24) is 0 Å². The third kappa shape index (κ3) is 5.47. The summed E-state index contributed by atoms with van der Waals surface area (Å²) < 4.78 is 5.40. The fourth-order valence-corrected chi connectivity index (χ4v) is 1.93. The molecule has 4 heteroatoms. The van der Waals surface area contributed by atoms with Crippen LogP contribution in [0, 0.1) is 0 Å². The number of aliphatic hydroxyl groups is 1. The monoisotopic (exact) mass is 218 g/mol. The predicted molar refractivity (Wildman–Crippen MR) is 59.3 cm³/mol. The molecule has 4 nitrogen and oxygen atoms in total. The van der Waals surface area contributed by atoms with E-state index in [-0.39, 0.29) is 12.2 Å². The lowest BCUT2D eigenvalue weighted by Gasteiger charge is -2.28. The molecule has 3 N–H and O–H groups in total. The maximum Gasteiger partial charge on any atom is 0.127 e. The van der Waals surface area contributed by atoms with Gasteiger partial charge in [0.15, 0.2) is 0 Å². The van der Waals surface area contributed by atoms with Crippen LogP contribution < -0.4 is 9.80 Å². The molecule has 90 valence electrons. The van der Waals surface area contributed by atoms with Crippen molar-refractivity contribution >= 4 is 0 Å². The first-order chi connectivity index (χ1) is 7.08. The van der Waals surface area contributed by atoms with Crippen LogP contribution in [0.1, 0.15) is 13.8 Å². The molecule has 15 heavy (non-hydrogen) atoms. The second-order valence-corrected chi connectivity index (χ2v) is 4.95. The normalized spacial score (nSPS) is 29.4. The van der Waals surface area contributed by atoms with E-state index in [9.17, 15) is 5.11 Å². The second kappa shape index (κ2) is 6.43. The van der Waals surface area contributed by atoms with Gasteiger partial charge >= 0.3 is 0 Å². The molecule has 1 aliphatic heterocycles. The number of rotatable bonds is 5. The number of likely N-dealkylation sites (N-methyl/N-ethyl adjacent to an activating group) is 1. The highest BCUT2D eigenvalue weighted by molar-refractivity contribution is 4.52. The Morgan fingerprint density at radius 1 is 1.20 bits per heavy atom. The van der Waals surface area contributed by atoms with Gasteiger partial charge in [0.2, 0.25) is 0 Å². The highest BCUT2D eigenvalue weighted by Crippen LogP contribution is 1.89. The van der Waals surface area contributed by atoms with Gasteiger partial charge in [-0.05, 0) is 13.8 Å². The Morgan fingerprint density at radius 3 is 2.33 bits per heavy atom. The summed E-state index contributed by atoms with van der Waals surface area (Å²) in [5, 5.41) is 9.76. The smallest absolute Gasteiger partial charge is 0.127 e. The fraction of sp³-hybridized carbons (Fsp3) is 1.00. The van der Waals surface area contributed by atoms with Crippen LogP contribution in [-0.2, 0) is 4.74 Å². The largest absolute Gasteiger partial charge is 0.385 e. The van der Waals surface area contributed by atoms with E-state index in [1.807, 2.05) is 13.8 Å². The maximum atomic E-state index is 9.76. The fourth-order valence-electron chi connectivity index (χ4n) is 1.93. The highest BCUT2D eigenvalue weighted by atomic mass is 16.5. The summed E-state index contributed by atoms with van der Waals surface area (Å²) in [4.78, 5) is 3.12. The van der Waals surface area contributed by atoms with Gasteiger partial charge in [0.25, 0.3) is 0 Å². The van der Waals surface area contributed by atoms with Crippen molar-refractivity contribution in [2.75, 3.05) is 46.4 Å². The second-order valence-electron chi connectivity index (χ2n) is 4.95. The molecule has 0 radical (unpaired) electrons. The van der Waals surface area contributed by atoms with E-state index in [0.717, 1.165) is 6.54 Å². The zero-order valence-corrected chi connectivity index (χ0v) is 10.3. The number of piperazine rings is 1. The van der Waals surface area contributed by atoms with E-state index in [1.165, 1.54) is 31.1 Å². The van der Waals surface area contributed by atoms with Crippen molar-refractivity contribution in [3.63, 3.8) is 0 Å². The minimum absolute atomic E-state index is 0.214. The Kier molecular flexibility index (Phi) is 5.53. The molecule has 0 aromatic rings. The topological polar surface area (TPSA) is 38.3 Å². The van der Waals surface area contributed by atoms with Crippen molar-refractivity contribution in [1.29, 1.82) is 0 Å². The van der Waals surface area contributed by atoms with Gasteiger partial charge in [0.1, 0.15) is 38.8 Å². The zero-order valence-electron chi connectivity index (χ0n) is 10.3. The Bertz CT molecular complexity index is 168. The molecule has 0 amide bonds. The molecule has 0 spiro atoms. The van der Waals surface area contributed by atoms with E-state index < -0.39 is 0 Å². The molecular formula is C11H26N2O2+2. The van der Waals surface area contributed by atoms with Gasteiger partial charge in [-0.15, -0.1) is 0 Å². The number of aliphatic hydroxyl groups excluding tert-OH is 1. The van der Waals surface area contributed by atoms with Gasteiger partial charge in [-0.2, -0.15) is 0 Å². The molecule has 1 rings (SSSR count). The molecule has 1 saturated heterocycles. The van der Waals surface area contributed by atoms with Crippen LogP contribution in [0.15, 0.2) is 0 Å². The van der Waals surface area contributed by atoms with Gasteiger partial charge in [0, 0.05) is 0 Å². The van der Waals surface area contributed by atoms with Crippen LogP contribution in [-0.4, -0.2) is 63.7 Å². The molecule has 1 fully saturated rings. The highest BCUT2D eigenvalue weighted by Gasteiger charge is 2.22. The van der Waals surface area contributed by atoms with E-state index in [4.69, 9.17) is 4.74 Å². The third-order valence-electron chi connectivity index (χ3n) is 2.96. The van der Waals surface area contributed by atoms with Crippen molar-refractivity contribution in [2.45, 2.75) is 26.1 Å². The Balaban J connectivity index is 2.12. The molecule has 1 unspecified atom stereocenters. The van der Waals surface area contributed by atoms with E-state index in [2.05, 4.69) is 7.05 Å². The van der Waals surface area contributed by atoms with E-state index >= 15 is 0 Å². The molecular weight excluding hydrogens is 192 g/mol. The first-order valence-corrected chi connectivity index (χ1v) is 6.02. The number of hydrogen-bond acceptors (Lipinski definition) is 2. The lowest BCUT2D eigenvalue weighted by molar-refractivity contribution is -1.00. The van der Waals surface area contributed by atoms with Crippen LogP contribution in [0.4, 0.5) is 0 Å². The Labute approximate surface area is 92.8 Å². The van der Waals surface area contributed by atoms with Crippen LogP contribution in [0.2, 0.25) is 0 Å². The van der Waals surface area contributed by atoms with Gasteiger partial charge in [-0.3, -0.25) is 0 Å². The van der Waals surface area contributed by atoms with Crippen LogP contribution in [0.3, 0.4) is 0 Å². The van der Waals surface area contributed by atoms with Gasteiger partial charge in [-0.1, -0.05) is 0 Å². The lowest BCUT2D eigenvalue weighted by atomic mass is 10.3.